The molecule has 0 heterocycles. The maximum atomic E-state index is 12.6. The molecule has 0 spiro atoms. The molecular formula is C23H22ClNO. The Labute approximate surface area is 159 Å². The van der Waals surface area contributed by atoms with Crippen LogP contribution in [0.1, 0.15) is 34.7 Å². The van der Waals surface area contributed by atoms with E-state index in [-0.39, 0.29) is 11.9 Å². The lowest BCUT2D eigenvalue weighted by Gasteiger charge is -2.20. The molecule has 0 aliphatic rings. The minimum atomic E-state index is -0.144. The molecular weight excluding hydrogens is 342 g/mol. The molecule has 0 aliphatic carbocycles. The Morgan fingerprint density at radius 3 is 2.15 bits per heavy atom. The second kappa shape index (κ2) is 8.68. The van der Waals surface area contributed by atoms with Gasteiger partial charge in [-0.1, -0.05) is 83.9 Å². The first-order valence-corrected chi connectivity index (χ1v) is 9.15. The maximum Gasteiger partial charge on any atom is 0.221 e. The van der Waals surface area contributed by atoms with E-state index in [2.05, 4.69) is 36.5 Å². The Morgan fingerprint density at radius 2 is 1.50 bits per heavy atom. The second-order valence-corrected chi connectivity index (χ2v) is 6.88. The third-order valence-corrected chi connectivity index (χ3v) is 4.65. The lowest BCUT2D eigenvalue weighted by molar-refractivity contribution is -0.121. The van der Waals surface area contributed by atoms with Crippen LogP contribution in [0.15, 0.2) is 78.9 Å². The first kappa shape index (κ1) is 18.2. The van der Waals surface area contributed by atoms with Crippen molar-refractivity contribution in [1.82, 2.24) is 5.32 Å². The molecule has 3 aromatic carbocycles. The normalized spacial score (nSPS) is 11.8. The highest BCUT2D eigenvalue weighted by molar-refractivity contribution is 6.30. The summed E-state index contributed by atoms with van der Waals surface area (Å²) in [4.78, 5) is 12.6. The van der Waals surface area contributed by atoms with Crippen LogP contribution < -0.4 is 5.32 Å². The van der Waals surface area contributed by atoms with Crippen LogP contribution in [0.25, 0.3) is 0 Å². The molecule has 0 fully saturated rings. The maximum absolute atomic E-state index is 12.6. The predicted molar refractivity (Wildman–Crippen MR) is 107 cm³/mol. The van der Waals surface area contributed by atoms with E-state index in [1.807, 2.05) is 54.6 Å². The Kier molecular flexibility index (Phi) is 6.08. The quantitative estimate of drug-likeness (QED) is 0.616. The largest absolute Gasteiger partial charge is 0.345 e. The van der Waals surface area contributed by atoms with Crippen LogP contribution in [0.5, 0.6) is 0 Å². The summed E-state index contributed by atoms with van der Waals surface area (Å²) in [5, 5.41) is 3.90. The molecule has 1 N–H and O–H groups in total. The number of amides is 1. The summed E-state index contributed by atoms with van der Waals surface area (Å²) in [6, 6.07) is 25.9. The van der Waals surface area contributed by atoms with E-state index in [1.54, 1.807) is 0 Å². The first-order valence-electron chi connectivity index (χ1n) is 8.77. The summed E-state index contributed by atoms with van der Waals surface area (Å²) in [5.74, 6) is 0.0365. The van der Waals surface area contributed by atoms with Gasteiger partial charge in [0.1, 0.15) is 0 Å². The van der Waals surface area contributed by atoms with Crippen LogP contribution >= 0.6 is 11.6 Å². The van der Waals surface area contributed by atoms with Crippen LogP contribution in [-0.4, -0.2) is 5.91 Å². The predicted octanol–water partition coefficient (Wildman–Crippen LogP) is 5.49. The first-order chi connectivity index (χ1) is 12.6. The summed E-state index contributed by atoms with van der Waals surface area (Å²) >= 11 is 5.91. The van der Waals surface area contributed by atoms with Crippen molar-refractivity contribution < 1.29 is 4.79 Å². The van der Waals surface area contributed by atoms with E-state index in [9.17, 15) is 4.79 Å². The van der Waals surface area contributed by atoms with Crippen LogP contribution in [-0.2, 0) is 11.2 Å². The number of benzene rings is 3. The van der Waals surface area contributed by atoms with E-state index in [4.69, 9.17) is 11.6 Å². The van der Waals surface area contributed by atoms with E-state index < -0.39 is 0 Å². The smallest absolute Gasteiger partial charge is 0.221 e. The zero-order chi connectivity index (χ0) is 18.4. The average Bonchev–Trinajstić information content (AvgIpc) is 2.67. The molecule has 0 aromatic heterocycles. The van der Waals surface area contributed by atoms with Gasteiger partial charge in [-0.2, -0.15) is 0 Å². The van der Waals surface area contributed by atoms with Gasteiger partial charge in [0.15, 0.2) is 0 Å². The molecule has 0 saturated heterocycles. The zero-order valence-electron chi connectivity index (χ0n) is 14.8. The van der Waals surface area contributed by atoms with Gasteiger partial charge in [-0.25, -0.2) is 0 Å². The number of carbonyl (C=O) groups excluding carboxylic acids is 1. The SMILES string of the molecule is Cc1ccc(C(NC(=O)CCc2ccc(Cl)cc2)c2ccccc2)cc1. The summed E-state index contributed by atoms with van der Waals surface area (Å²) < 4.78 is 0. The van der Waals surface area contributed by atoms with Crippen molar-refractivity contribution in [3.63, 3.8) is 0 Å². The van der Waals surface area contributed by atoms with Gasteiger partial charge in [-0.3, -0.25) is 4.79 Å². The van der Waals surface area contributed by atoms with Crippen molar-refractivity contribution in [1.29, 1.82) is 0 Å². The number of hydrogen-bond donors (Lipinski definition) is 1. The van der Waals surface area contributed by atoms with Crippen LogP contribution in [0.3, 0.4) is 0 Å². The van der Waals surface area contributed by atoms with Crippen molar-refractivity contribution in [3.8, 4) is 0 Å². The van der Waals surface area contributed by atoms with E-state index in [0.717, 1.165) is 16.7 Å². The molecule has 0 bridgehead atoms. The monoisotopic (exact) mass is 363 g/mol. The van der Waals surface area contributed by atoms with E-state index in [1.165, 1.54) is 5.56 Å². The molecule has 1 atom stereocenters. The lowest BCUT2D eigenvalue weighted by atomic mass is 9.97. The van der Waals surface area contributed by atoms with Gasteiger partial charge in [0, 0.05) is 11.4 Å². The average molecular weight is 364 g/mol. The molecule has 132 valence electrons. The van der Waals surface area contributed by atoms with Gasteiger partial charge >= 0.3 is 0 Å². The van der Waals surface area contributed by atoms with Crippen LogP contribution in [0.2, 0.25) is 5.02 Å². The van der Waals surface area contributed by atoms with Gasteiger partial charge in [0.25, 0.3) is 0 Å². The molecule has 0 aliphatic heterocycles. The fraction of sp³-hybridized carbons (Fsp3) is 0.174. The second-order valence-electron chi connectivity index (χ2n) is 6.45. The molecule has 3 rings (SSSR count). The van der Waals surface area contributed by atoms with Crippen molar-refractivity contribution in [2.24, 2.45) is 0 Å². The van der Waals surface area contributed by atoms with E-state index in [0.29, 0.717) is 17.9 Å². The van der Waals surface area contributed by atoms with Crippen LogP contribution in [0, 0.1) is 6.92 Å². The van der Waals surface area contributed by atoms with Gasteiger partial charge in [-0.15, -0.1) is 0 Å². The molecule has 1 amide bonds. The Morgan fingerprint density at radius 1 is 0.885 bits per heavy atom. The molecule has 3 aromatic rings. The van der Waals surface area contributed by atoms with Crippen molar-refractivity contribution in [3.05, 3.63) is 106 Å². The van der Waals surface area contributed by atoms with Crippen molar-refractivity contribution in [2.75, 3.05) is 0 Å². The number of rotatable bonds is 6. The number of nitrogens with one attached hydrogen (secondary N) is 1. The molecule has 1 unspecified atom stereocenters. The third kappa shape index (κ3) is 4.96. The van der Waals surface area contributed by atoms with Crippen LogP contribution in [0.4, 0.5) is 0 Å². The van der Waals surface area contributed by atoms with Crippen molar-refractivity contribution in [2.45, 2.75) is 25.8 Å². The fourth-order valence-electron chi connectivity index (χ4n) is 2.91. The third-order valence-electron chi connectivity index (χ3n) is 4.40. The van der Waals surface area contributed by atoms with Gasteiger partial charge in [-0.05, 0) is 42.2 Å². The number of halogens is 1. The minimum Gasteiger partial charge on any atom is -0.345 e. The molecule has 3 heteroatoms. The number of carbonyl (C=O) groups is 1. The highest BCUT2D eigenvalue weighted by atomic mass is 35.5. The number of aryl methyl sites for hydroxylation is 2. The highest BCUT2D eigenvalue weighted by Crippen LogP contribution is 2.22. The standard InChI is InChI=1S/C23H22ClNO/c1-17-7-12-20(13-8-17)23(19-5-3-2-4-6-19)25-22(26)16-11-18-9-14-21(24)15-10-18/h2-10,12-15,23H,11,16H2,1H3,(H,25,26). The lowest BCUT2D eigenvalue weighted by Crippen LogP contribution is -2.29. The summed E-state index contributed by atoms with van der Waals surface area (Å²) in [6.07, 6.45) is 1.13. The highest BCUT2D eigenvalue weighted by Gasteiger charge is 2.16. The summed E-state index contributed by atoms with van der Waals surface area (Å²) in [7, 11) is 0. The molecule has 26 heavy (non-hydrogen) atoms. The van der Waals surface area contributed by atoms with Crippen molar-refractivity contribution >= 4 is 17.5 Å². The summed E-state index contributed by atoms with van der Waals surface area (Å²) in [6.45, 7) is 2.06. The molecule has 0 radical (unpaired) electrons. The Bertz CT molecular complexity index is 842. The molecule has 0 saturated carbocycles. The topological polar surface area (TPSA) is 29.1 Å². The zero-order valence-corrected chi connectivity index (χ0v) is 15.5. The number of hydrogen-bond acceptors (Lipinski definition) is 1. The minimum absolute atomic E-state index is 0.0365. The van der Waals surface area contributed by atoms with E-state index >= 15 is 0 Å². The Hall–Kier alpha value is -2.58. The Balaban J connectivity index is 1.71. The fourth-order valence-corrected chi connectivity index (χ4v) is 3.03. The van der Waals surface area contributed by atoms with Gasteiger partial charge in [0.2, 0.25) is 5.91 Å². The van der Waals surface area contributed by atoms with Gasteiger partial charge < -0.3 is 5.32 Å². The van der Waals surface area contributed by atoms with Gasteiger partial charge in [0.05, 0.1) is 6.04 Å². The molecule has 2 nitrogen and oxygen atoms in total. The summed E-state index contributed by atoms with van der Waals surface area (Å²) in [5.41, 5.74) is 4.48.